The Morgan fingerprint density at radius 3 is 2.86 bits per heavy atom. The van der Waals surface area contributed by atoms with Crippen molar-refractivity contribution in [1.29, 1.82) is 0 Å². The van der Waals surface area contributed by atoms with E-state index in [1.54, 1.807) is 18.5 Å². The number of furan rings is 1. The van der Waals surface area contributed by atoms with E-state index in [0.717, 1.165) is 16.7 Å². The summed E-state index contributed by atoms with van der Waals surface area (Å²) in [6, 6.07) is 9.70. The number of fused-ring (bicyclic) bond motifs is 1. The molecule has 0 aliphatic carbocycles. The van der Waals surface area contributed by atoms with Crippen LogP contribution < -0.4 is 5.43 Å². The minimum absolute atomic E-state index is 0.185. The molecule has 0 saturated carbocycles. The Hall–Kier alpha value is -3.52. The SMILES string of the molecule is Cc1cccc(/C2=C/N/N=C(/N3CCOCC3)c3oc(C=O)cc3N=CN=C2)c1. The Bertz CT molecular complexity index is 1010. The summed E-state index contributed by atoms with van der Waals surface area (Å²) in [5, 5.41) is 4.55. The largest absolute Gasteiger partial charge is 0.448 e. The van der Waals surface area contributed by atoms with Crippen molar-refractivity contribution in [3.8, 4) is 0 Å². The number of benzene rings is 1. The van der Waals surface area contributed by atoms with Crippen LogP contribution in [0.3, 0.4) is 0 Å². The van der Waals surface area contributed by atoms with Gasteiger partial charge < -0.3 is 14.1 Å². The van der Waals surface area contributed by atoms with E-state index in [1.807, 2.05) is 30.0 Å². The van der Waals surface area contributed by atoms with Crippen LogP contribution in [-0.2, 0) is 4.74 Å². The van der Waals surface area contributed by atoms with Crippen molar-refractivity contribution in [1.82, 2.24) is 10.3 Å². The first kappa shape index (κ1) is 18.8. The van der Waals surface area contributed by atoms with Crippen molar-refractivity contribution in [3.63, 3.8) is 0 Å². The van der Waals surface area contributed by atoms with Crippen LogP contribution >= 0.6 is 0 Å². The average Bonchev–Trinajstić information content (AvgIpc) is 3.14. The van der Waals surface area contributed by atoms with E-state index >= 15 is 0 Å². The van der Waals surface area contributed by atoms with Crippen LogP contribution in [0.4, 0.5) is 5.69 Å². The first-order valence-corrected chi connectivity index (χ1v) is 9.33. The van der Waals surface area contributed by atoms with Crippen LogP contribution in [0.15, 0.2) is 56.0 Å². The molecule has 0 radical (unpaired) electrons. The zero-order chi connectivity index (χ0) is 20.1. The van der Waals surface area contributed by atoms with Gasteiger partial charge in [-0.05, 0) is 12.5 Å². The van der Waals surface area contributed by atoms with Gasteiger partial charge in [0.15, 0.2) is 23.6 Å². The highest BCUT2D eigenvalue weighted by molar-refractivity contribution is 6.12. The lowest BCUT2D eigenvalue weighted by Crippen LogP contribution is -2.41. The van der Waals surface area contributed by atoms with Gasteiger partial charge in [-0.3, -0.25) is 10.2 Å². The van der Waals surface area contributed by atoms with Gasteiger partial charge in [0.25, 0.3) is 0 Å². The molecule has 1 fully saturated rings. The fraction of sp³-hybridized carbons (Fsp3) is 0.238. The number of carbonyl (C=O) groups is 1. The number of hydrogen-bond acceptors (Lipinski definition) is 8. The van der Waals surface area contributed by atoms with Crippen molar-refractivity contribution >= 4 is 35.9 Å². The highest BCUT2D eigenvalue weighted by Gasteiger charge is 2.24. The lowest BCUT2D eigenvalue weighted by molar-refractivity contribution is 0.0676. The molecule has 1 saturated heterocycles. The van der Waals surface area contributed by atoms with E-state index in [4.69, 9.17) is 9.15 Å². The van der Waals surface area contributed by atoms with Crippen molar-refractivity contribution in [3.05, 3.63) is 59.2 Å². The Balaban J connectivity index is 1.76. The van der Waals surface area contributed by atoms with Crippen LogP contribution in [-0.4, -0.2) is 55.9 Å². The molecule has 4 rings (SSSR count). The van der Waals surface area contributed by atoms with Gasteiger partial charge in [-0.1, -0.05) is 29.8 Å². The van der Waals surface area contributed by atoms with Crippen molar-refractivity contribution in [2.45, 2.75) is 6.92 Å². The number of hydrazone groups is 1. The summed E-state index contributed by atoms with van der Waals surface area (Å²) in [5.41, 5.74) is 6.53. The Labute approximate surface area is 168 Å². The van der Waals surface area contributed by atoms with Crippen molar-refractivity contribution in [2.75, 3.05) is 26.3 Å². The summed E-state index contributed by atoms with van der Waals surface area (Å²) in [6.07, 6.45) is 5.58. The molecule has 1 N–H and O–H groups in total. The molecule has 8 heteroatoms. The lowest BCUT2D eigenvalue weighted by atomic mass is 10.1. The molecule has 2 aliphatic heterocycles. The maximum Gasteiger partial charge on any atom is 0.197 e. The number of hydrogen-bond donors (Lipinski definition) is 1. The number of nitrogens with one attached hydrogen (secondary N) is 1. The van der Waals surface area contributed by atoms with Crippen LogP contribution in [0, 0.1) is 6.92 Å². The number of nitrogens with zero attached hydrogens (tertiary/aromatic N) is 4. The number of aliphatic imine (C=N–C) groups is 2. The molecular formula is C21H21N5O3. The standard InChI is InChI=1S/C21H21N5O3/c1-15-3-2-4-16(9-15)17-11-22-14-23-19-10-18(13-27)29-20(19)21(25-24-12-17)26-5-7-28-8-6-26/h2-4,9-14,24H,5-8H2,1H3/b17-12+,22-11?,23-14?,25-21+. The Kier molecular flexibility index (Phi) is 5.62. The van der Waals surface area contributed by atoms with Crippen molar-refractivity contribution < 1.29 is 13.9 Å². The highest BCUT2D eigenvalue weighted by atomic mass is 16.5. The number of rotatable bonds is 2. The van der Waals surface area contributed by atoms with E-state index in [-0.39, 0.29) is 5.76 Å². The van der Waals surface area contributed by atoms with Gasteiger partial charge in [-0.15, -0.1) is 0 Å². The number of aryl methyl sites for hydroxylation is 1. The fourth-order valence-electron chi connectivity index (χ4n) is 3.15. The second-order valence-corrected chi connectivity index (χ2v) is 6.64. The summed E-state index contributed by atoms with van der Waals surface area (Å²) in [6.45, 7) is 4.54. The number of ether oxygens (including phenoxy) is 1. The molecule has 1 aromatic heterocycles. The highest BCUT2D eigenvalue weighted by Crippen LogP contribution is 2.26. The van der Waals surface area contributed by atoms with Gasteiger partial charge in [0, 0.05) is 37.1 Å². The Morgan fingerprint density at radius 1 is 1.21 bits per heavy atom. The first-order valence-electron chi connectivity index (χ1n) is 9.33. The number of morpholine rings is 1. The summed E-state index contributed by atoms with van der Waals surface area (Å²) >= 11 is 0. The van der Waals surface area contributed by atoms with Gasteiger partial charge in [0.1, 0.15) is 12.0 Å². The van der Waals surface area contributed by atoms with Crippen LogP contribution in [0.25, 0.3) is 5.57 Å². The predicted molar refractivity (Wildman–Crippen MR) is 112 cm³/mol. The van der Waals surface area contributed by atoms with Gasteiger partial charge in [-0.25, -0.2) is 9.98 Å². The summed E-state index contributed by atoms with van der Waals surface area (Å²) < 4.78 is 11.2. The van der Waals surface area contributed by atoms with E-state index in [9.17, 15) is 4.79 Å². The number of amidine groups is 1. The van der Waals surface area contributed by atoms with Crippen LogP contribution in [0.2, 0.25) is 0 Å². The minimum Gasteiger partial charge on any atom is -0.448 e. The minimum atomic E-state index is 0.185. The van der Waals surface area contributed by atoms with E-state index in [2.05, 4.69) is 26.6 Å². The lowest BCUT2D eigenvalue weighted by Gasteiger charge is -2.28. The van der Waals surface area contributed by atoms with E-state index in [1.165, 1.54) is 6.34 Å². The summed E-state index contributed by atoms with van der Waals surface area (Å²) in [4.78, 5) is 21.9. The zero-order valence-corrected chi connectivity index (χ0v) is 16.0. The third-order valence-electron chi connectivity index (χ3n) is 4.58. The smallest absolute Gasteiger partial charge is 0.197 e. The Morgan fingerprint density at radius 2 is 2.07 bits per heavy atom. The summed E-state index contributed by atoms with van der Waals surface area (Å²) in [7, 11) is 0. The van der Waals surface area contributed by atoms with E-state index < -0.39 is 0 Å². The third kappa shape index (κ3) is 4.33. The second-order valence-electron chi connectivity index (χ2n) is 6.64. The molecule has 2 aliphatic rings. The fourth-order valence-corrected chi connectivity index (χ4v) is 3.15. The molecule has 1 aromatic carbocycles. The van der Waals surface area contributed by atoms with Crippen LogP contribution in [0.5, 0.6) is 0 Å². The van der Waals surface area contributed by atoms with Gasteiger partial charge in [0.05, 0.1) is 13.2 Å². The average molecular weight is 391 g/mol. The molecule has 0 unspecified atom stereocenters. The molecular weight excluding hydrogens is 370 g/mol. The quantitative estimate of drug-likeness (QED) is 0.795. The molecule has 0 bridgehead atoms. The molecule has 2 aromatic rings. The molecule has 0 spiro atoms. The first-order chi connectivity index (χ1) is 14.2. The van der Waals surface area contributed by atoms with Gasteiger partial charge >= 0.3 is 0 Å². The monoisotopic (exact) mass is 391 g/mol. The molecule has 8 nitrogen and oxygen atoms in total. The second kappa shape index (κ2) is 8.66. The predicted octanol–water partition coefficient (Wildman–Crippen LogP) is 2.77. The van der Waals surface area contributed by atoms with Gasteiger partial charge in [0.2, 0.25) is 0 Å². The molecule has 29 heavy (non-hydrogen) atoms. The maximum atomic E-state index is 11.2. The van der Waals surface area contributed by atoms with Crippen molar-refractivity contribution in [2.24, 2.45) is 15.1 Å². The molecule has 3 heterocycles. The number of aldehydes is 1. The van der Waals surface area contributed by atoms with E-state index in [0.29, 0.717) is 49.9 Å². The summed E-state index contributed by atoms with van der Waals surface area (Å²) in [5.74, 6) is 1.17. The zero-order valence-electron chi connectivity index (χ0n) is 16.0. The van der Waals surface area contributed by atoms with Gasteiger partial charge in [-0.2, -0.15) is 5.10 Å². The van der Waals surface area contributed by atoms with Crippen LogP contribution in [0.1, 0.15) is 27.4 Å². The maximum absolute atomic E-state index is 11.2. The molecule has 148 valence electrons. The number of allylic oxidation sites excluding steroid dienone is 1. The topological polar surface area (TPSA) is 91.8 Å². The third-order valence-corrected chi connectivity index (χ3v) is 4.58. The molecule has 0 atom stereocenters. The molecule has 0 amide bonds. The normalized spacial score (nSPS) is 20.5. The number of carbonyl (C=O) groups excluding carboxylic acids is 1.